The lowest BCUT2D eigenvalue weighted by atomic mass is 10.2. The molecule has 1 heterocycles. The lowest BCUT2D eigenvalue weighted by Crippen LogP contribution is -2.24. The quantitative estimate of drug-likeness (QED) is 0.890. The predicted molar refractivity (Wildman–Crippen MR) is 85.5 cm³/mol. The molecule has 1 aromatic carbocycles. The molecular formula is C17H19FN4O. The Morgan fingerprint density at radius 1 is 1.17 bits per heavy atom. The van der Waals surface area contributed by atoms with Gasteiger partial charge in [0.25, 0.3) is 5.91 Å². The van der Waals surface area contributed by atoms with Crippen LogP contribution in [0.2, 0.25) is 0 Å². The first-order valence-corrected chi connectivity index (χ1v) is 7.82. The van der Waals surface area contributed by atoms with Crippen molar-refractivity contribution in [1.82, 2.24) is 15.3 Å². The molecule has 0 spiro atoms. The molecule has 0 saturated heterocycles. The van der Waals surface area contributed by atoms with Crippen molar-refractivity contribution < 1.29 is 9.18 Å². The van der Waals surface area contributed by atoms with Crippen LogP contribution in [0.3, 0.4) is 0 Å². The molecule has 0 unspecified atom stereocenters. The molecule has 6 heteroatoms. The van der Waals surface area contributed by atoms with E-state index >= 15 is 0 Å². The predicted octanol–water partition coefficient (Wildman–Crippen LogP) is 2.90. The van der Waals surface area contributed by atoms with E-state index < -0.39 is 0 Å². The molecule has 1 amide bonds. The van der Waals surface area contributed by atoms with E-state index in [2.05, 4.69) is 20.6 Å². The molecule has 120 valence electrons. The van der Waals surface area contributed by atoms with Crippen molar-refractivity contribution in [2.75, 3.05) is 5.32 Å². The van der Waals surface area contributed by atoms with Gasteiger partial charge in [0.1, 0.15) is 17.3 Å². The summed E-state index contributed by atoms with van der Waals surface area (Å²) in [7, 11) is 0. The van der Waals surface area contributed by atoms with Crippen LogP contribution in [0.4, 0.5) is 10.2 Å². The number of aromatic nitrogens is 2. The van der Waals surface area contributed by atoms with E-state index in [1.165, 1.54) is 25.1 Å². The molecule has 3 rings (SSSR count). The number of hydrogen-bond donors (Lipinski definition) is 2. The Kier molecular flexibility index (Phi) is 4.80. The number of rotatable bonds is 5. The average Bonchev–Trinajstić information content (AvgIpc) is 3.07. The van der Waals surface area contributed by atoms with Gasteiger partial charge in [-0.2, -0.15) is 0 Å². The summed E-state index contributed by atoms with van der Waals surface area (Å²) in [6.07, 6.45) is 7.77. The van der Waals surface area contributed by atoms with Gasteiger partial charge in [-0.25, -0.2) is 14.4 Å². The van der Waals surface area contributed by atoms with Crippen molar-refractivity contribution in [2.45, 2.75) is 38.3 Å². The first-order chi connectivity index (χ1) is 11.2. The van der Waals surface area contributed by atoms with Crippen LogP contribution in [0.25, 0.3) is 0 Å². The number of nitrogens with zero attached hydrogens (tertiary/aromatic N) is 2. The molecule has 2 aromatic rings. The Morgan fingerprint density at radius 3 is 2.65 bits per heavy atom. The molecule has 1 aliphatic carbocycles. The van der Waals surface area contributed by atoms with Crippen LogP contribution in [-0.2, 0) is 6.54 Å². The van der Waals surface area contributed by atoms with E-state index in [-0.39, 0.29) is 24.0 Å². The Morgan fingerprint density at radius 2 is 1.96 bits per heavy atom. The lowest BCUT2D eigenvalue weighted by Gasteiger charge is -2.12. The Bertz CT molecular complexity index is 669. The molecule has 0 bridgehead atoms. The van der Waals surface area contributed by atoms with Crippen LogP contribution >= 0.6 is 0 Å². The normalized spacial score (nSPS) is 14.7. The molecule has 0 radical (unpaired) electrons. The first kappa shape index (κ1) is 15.4. The van der Waals surface area contributed by atoms with Crippen LogP contribution in [0.5, 0.6) is 0 Å². The maximum Gasteiger partial charge on any atom is 0.271 e. The van der Waals surface area contributed by atoms with E-state index in [1.54, 1.807) is 24.4 Å². The highest BCUT2D eigenvalue weighted by atomic mass is 19.1. The first-order valence-electron chi connectivity index (χ1n) is 7.82. The van der Waals surface area contributed by atoms with Gasteiger partial charge in [-0.05, 0) is 18.9 Å². The minimum atomic E-state index is -0.367. The van der Waals surface area contributed by atoms with E-state index in [0.29, 0.717) is 17.4 Å². The molecule has 1 aliphatic rings. The number of benzene rings is 1. The van der Waals surface area contributed by atoms with Crippen LogP contribution in [0.1, 0.15) is 41.7 Å². The fourth-order valence-electron chi connectivity index (χ4n) is 2.71. The number of nitrogens with one attached hydrogen (secondary N) is 2. The van der Waals surface area contributed by atoms with Crippen molar-refractivity contribution in [3.63, 3.8) is 0 Å². The second-order valence-electron chi connectivity index (χ2n) is 5.69. The number of halogens is 1. The van der Waals surface area contributed by atoms with E-state index in [0.717, 1.165) is 12.8 Å². The summed E-state index contributed by atoms with van der Waals surface area (Å²) in [5.41, 5.74) is 0.659. The maximum absolute atomic E-state index is 13.5. The molecule has 2 N–H and O–H groups in total. The molecule has 0 atom stereocenters. The number of hydrogen-bond acceptors (Lipinski definition) is 4. The van der Waals surface area contributed by atoms with Crippen LogP contribution in [0.15, 0.2) is 36.7 Å². The zero-order chi connectivity index (χ0) is 16.1. The third kappa shape index (κ3) is 4.03. The largest absolute Gasteiger partial charge is 0.366 e. The van der Waals surface area contributed by atoms with Crippen LogP contribution in [-0.4, -0.2) is 21.9 Å². The Balaban J connectivity index is 1.56. The van der Waals surface area contributed by atoms with Gasteiger partial charge in [0.15, 0.2) is 0 Å². The topological polar surface area (TPSA) is 66.9 Å². The highest BCUT2D eigenvalue weighted by molar-refractivity contribution is 5.91. The lowest BCUT2D eigenvalue weighted by molar-refractivity contribution is 0.0945. The monoisotopic (exact) mass is 314 g/mol. The van der Waals surface area contributed by atoms with Gasteiger partial charge in [-0.1, -0.05) is 31.0 Å². The summed E-state index contributed by atoms with van der Waals surface area (Å²) in [6, 6.07) is 6.79. The molecular weight excluding hydrogens is 295 g/mol. The standard InChI is InChI=1S/C17H19FN4O/c18-14-8-4-1-5-12(14)9-21-17(23)15-10-20-16(11-19-15)22-13-6-2-3-7-13/h1,4-5,8,10-11,13H,2-3,6-7,9H2,(H,20,22)(H,21,23). The smallest absolute Gasteiger partial charge is 0.271 e. The molecule has 1 fully saturated rings. The van der Waals surface area contributed by atoms with Gasteiger partial charge in [0.05, 0.1) is 12.4 Å². The van der Waals surface area contributed by atoms with Gasteiger partial charge in [-0.3, -0.25) is 4.79 Å². The summed E-state index contributed by atoms with van der Waals surface area (Å²) in [4.78, 5) is 20.4. The minimum Gasteiger partial charge on any atom is -0.366 e. The molecule has 5 nitrogen and oxygen atoms in total. The minimum absolute atomic E-state index is 0.120. The second-order valence-corrected chi connectivity index (χ2v) is 5.69. The molecule has 1 aromatic heterocycles. The second kappa shape index (κ2) is 7.17. The highest BCUT2D eigenvalue weighted by Gasteiger charge is 2.15. The number of carbonyl (C=O) groups is 1. The molecule has 0 aliphatic heterocycles. The van der Waals surface area contributed by atoms with Crippen molar-refractivity contribution in [3.8, 4) is 0 Å². The third-order valence-corrected chi connectivity index (χ3v) is 3.99. The number of anilines is 1. The molecule has 1 saturated carbocycles. The SMILES string of the molecule is O=C(NCc1ccccc1F)c1cnc(NC2CCCC2)cn1. The van der Waals surface area contributed by atoms with Gasteiger partial charge in [0, 0.05) is 18.2 Å². The fourth-order valence-corrected chi connectivity index (χ4v) is 2.71. The zero-order valence-electron chi connectivity index (χ0n) is 12.8. The van der Waals surface area contributed by atoms with Crippen LogP contribution < -0.4 is 10.6 Å². The average molecular weight is 314 g/mol. The van der Waals surface area contributed by atoms with E-state index in [4.69, 9.17) is 0 Å². The van der Waals surface area contributed by atoms with Crippen molar-refractivity contribution in [1.29, 1.82) is 0 Å². The number of carbonyl (C=O) groups excluding carboxylic acids is 1. The third-order valence-electron chi connectivity index (χ3n) is 3.99. The van der Waals surface area contributed by atoms with E-state index in [9.17, 15) is 9.18 Å². The van der Waals surface area contributed by atoms with Crippen LogP contribution in [0, 0.1) is 5.82 Å². The van der Waals surface area contributed by atoms with Gasteiger partial charge in [-0.15, -0.1) is 0 Å². The van der Waals surface area contributed by atoms with Crippen molar-refractivity contribution in [3.05, 3.63) is 53.7 Å². The van der Waals surface area contributed by atoms with E-state index in [1.807, 2.05) is 0 Å². The number of amides is 1. The summed E-state index contributed by atoms with van der Waals surface area (Å²) in [5.74, 6) is -0.0225. The van der Waals surface area contributed by atoms with Gasteiger partial charge < -0.3 is 10.6 Å². The van der Waals surface area contributed by atoms with Crippen molar-refractivity contribution in [2.24, 2.45) is 0 Å². The fraction of sp³-hybridized carbons (Fsp3) is 0.353. The molecule has 23 heavy (non-hydrogen) atoms. The summed E-state index contributed by atoms with van der Waals surface area (Å²) in [6.45, 7) is 0.120. The highest BCUT2D eigenvalue weighted by Crippen LogP contribution is 2.20. The Hall–Kier alpha value is -2.50. The Labute approximate surface area is 134 Å². The van der Waals surface area contributed by atoms with Crippen molar-refractivity contribution >= 4 is 11.7 Å². The summed E-state index contributed by atoms with van der Waals surface area (Å²) in [5, 5.41) is 5.96. The van der Waals surface area contributed by atoms with Gasteiger partial charge >= 0.3 is 0 Å². The summed E-state index contributed by atoms with van der Waals surface area (Å²) >= 11 is 0. The zero-order valence-corrected chi connectivity index (χ0v) is 12.8. The maximum atomic E-state index is 13.5. The summed E-state index contributed by atoms with van der Waals surface area (Å²) < 4.78 is 13.5. The van der Waals surface area contributed by atoms with Gasteiger partial charge in [0.2, 0.25) is 0 Å².